The van der Waals surface area contributed by atoms with Crippen LogP contribution < -0.4 is 9.47 Å². The van der Waals surface area contributed by atoms with Gasteiger partial charge >= 0.3 is 0 Å². The van der Waals surface area contributed by atoms with Crippen LogP contribution in [-0.4, -0.2) is 14.5 Å². The van der Waals surface area contributed by atoms with E-state index in [4.69, 9.17) is 19.4 Å². The standard InChI is InChI=1S/C42H25N3O2/c1-2-10-26(11-3-1)39-32-14-6-7-15-34(32)43-42(44-39)27-18-20-30(21-19-27)45-35-25-29-13-5-4-12-28(29)24-33(35)31-22-23-38-41(40(31)45)47-37-17-9-8-16-36(37)46-38/h1-25H. The largest absolute Gasteiger partial charge is 0.449 e. The Morgan fingerprint density at radius 1 is 0.468 bits per heavy atom. The molecule has 0 bridgehead atoms. The molecule has 220 valence electrons. The van der Waals surface area contributed by atoms with Gasteiger partial charge in [0.15, 0.2) is 28.8 Å². The lowest BCUT2D eigenvalue weighted by atomic mass is 10.1. The Hall–Kier alpha value is -6.46. The van der Waals surface area contributed by atoms with Gasteiger partial charge in [0.25, 0.3) is 0 Å². The third-order valence-corrected chi connectivity index (χ3v) is 9.03. The molecule has 0 aliphatic carbocycles. The molecular weight excluding hydrogens is 578 g/mol. The van der Waals surface area contributed by atoms with Gasteiger partial charge in [-0.25, -0.2) is 9.97 Å². The van der Waals surface area contributed by atoms with Crippen molar-refractivity contribution in [2.75, 3.05) is 0 Å². The summed E-state index contributed by atoms with van der Waals surface area (Å²) in [5, 5.41) is 5.65. The summed E-state index contributed by atoms with van der Waals surface area (Å²) >= 11 is 0. The fourth-order valence-electron chi connectivity index (χ4n) is 6.82. The molecule has 0 amide bonds. The molecule has 1 aliphatic rings. The number of hydrogen-bond acceptors (Lipinski definition) is 4. The molecule has 3 heterocycles. The summed E-state index contributed by atoms with van der Waals surface area (Å²) in [5.74, 6) is 3.50. The predicted molar refractivity (Wildman–Crippen MR) is 189 cm³/mol. The number of ether oxygens (including phenoxy) is 2. The second kappa shape index (κ2) is 10.0. The van der Waals surface area contributed by atoms with Gasteiger partial charge in [0.05, 0.1) is 16.7 Å². The quantitative estimate of drug-likeness (QED) is 0.202. The first kappa shape index (κ1) is 25.8. The summed E-state index contributed by atoms with van der Waals surface area (Å²) in [6, 6.07) is 52.0. The van der Waals surface area contributed by atoms with E-state index in [1.165, 1.54) is 10.8 Å². The first-order valence-electron chi connectivity index (χ1n) is 15.7. The van der Waals surface area contributed by atoms with Crippen LogP contribution in [0.5, 0.6) is 23.0 Å². The second-order valence-corrected chi connectivity index (χ2v) is 11.8. The molecule has 1 aliphatic heterocycles. The molecule has 7 aromatic carbocycles. The van der Waals surface area contributed by atoms with Crippen molar-refractivity contribution in [3.8, 4) is 51.3 Å². The number of benzene rings is 7. The molecule has 9 aromatic rings. The van der Waals surface area contributed by atoms with E-state index >= 15 is 0 Å². The lowest BCUT2D eigenvalue weighted by molar-refractivity contribution is 0.362. The highest BCUT2D eigenvalue weighted by Gasteiger charge is 2.26. The SMILES string of the molecule is c1ccc(-c2nc(-c3ccc(-n4c5cc6ccccc6cc5c5ccc6c(c54)Oc4ccccc4O6)cc3)nc3ccccc23)cc1. The topological polar surface area (TPSA) is 49.2 Å². The van der Waals surface area contributed by atoms with E-state index in [0.29, 0.717) is 28.8 Å². The van der Waals surface area contributed by atoms with Crippen LogP contribution in [0.15, 0.2) is 152 Å². The highest BCUT2D eigenvalue weighted by molar-refractivity contribution is 6.15. The van der Waals surface area contributed by atoms with Crippen molar-refractivity contribution in [1.29, 1.82) is 0 Å². The Kier molecular flexibility index (Phi) is 5.51. The van der Waals surface area contributed by atoms with Crippen LogP contribution in [0.25, 0.3) is 71.8 Å². The number of para-hydroxylation sites is 3. The molecule has 0 saturated heterocycles. The van der Waals surface area contributed by atoms with Crippen LogP contribution in [-0.2, 0) is 0 Å². The van der Waals surface area contributed by atoms with Crippen molar-refractivity contribution in [3.05, 3.63) is 152 Å². The third kappa shape index (κ3) is 4.03. The maximum absolute atomic E-state index is 6.60. The Bertz CT molecular complexity index is 2680. The molecule has 0 N–H and O–H groups in total. The van der Waals surface area contributed by atoms with Crippen LogP contribution >= 0.6 is 0 Å². The molecule has 2 aromatic heterocycles. The molecule has 0 radical (unpaired) electrons. The Morgan fingerprint density at radius 2 is 1.17 bits per heavy atom. The molecule has 47 heavy (non-hydrogen) atoms. The average Bonchev–Trinajstić information content (AvgIpc) is 3.46. The molecule has 0 atom stereocenters. The van der Waals surface area contributed by atoms with Crippen molar-refractivity contribution in [1.82, 2.24) is 14.5 Å². The van der Waals surface area contributed by atoms with Gasteiger partial charge in [-0.3, -0.25) is 0 Å². The summed E-state index contributed by atoms with van der Waals surface area (Å²) in [7, 11) is 0. The van der Waals surface area contributed by atoms with Crippen LogP contribution in [0.1, 0.15) is 0 Å². The Balaban J connectivity index is 1.18. The van der Waals surface area contributed by atoms with E-state index in [2.05, 4.69) is 89.5 Å². The van der Waals surface area contributed by atoms with Gasteiger partial charge in [0, 0.05) is 33.0 Å². The van der Waals surface area contributed by atoms with Crippen LogP contribution in [0.4, 0.5) is 0 Å². The number of rotatable bonds is 3. The highest BCUT2D eigenvalue weighted by Crippen LogP contribution is 2.51. The zero-order chi connectivity index (χ0) is 30.9. The smallest absolute Gasteiger partial charge is 0.194 e. The van der Waals surface area contributed by atoms with Gasteiger partial charge in [-0.05, 0) is 77.5 Å². The van der Waals surface area contributed by atoms with Crippen molar-refractivity contribution in [3.63, 3.8) is 0 Å². The Morgan fingerprint density at radius 3 is 2.00 bits per heavy atom. The maximum atomic E-state index is 6.60. The summed E-state index contributed by atoms with van der Waals surface area (Å²) in [6.45, 7) is 0. The highest BCUT2D eigenvalue weighted by atomic mass is 16.6. The third-order valence-electron chi connectivity index (χ3n) is 9.03. The summed E-state index contributed by atoms with van der Waals surface area (Å²) in [6.07, 6.45) is 0. The Labute approximate surface area is 269 Å². The second-order valence-electron chi connectivity index (χ2n) is 11.8. The molecule has 5 nitrogen and oxygen atoms in total. The minimum absolute atomic E-state index is 0.688. The number of hydrogen-bond donors (Lipinski definition) is 0. The van der Waals surface area contributed by atoms with E-state index in [-0.39, 0.29) is 0 Å². The van der Waals surface area contributed by atoms with E-state index in [0.717, 1.165) is 55.2 Å². The predicted octanol–water partition coefficient (Wildman–Crippen LogP) is 11.1. The molecule has 5 heteroatoms. The lowest BCUT2D eigenvalue weighted by Gasteiger charge is -2.22. The van der Waals surface area contributed by atoms with Crippen LogP contribution in [0.3, 0.4) is 0 Å². The molecule has 0 spiro atoms. The van der Waals surface area contributed by atoms with E-state index in [9.17, 15) is 0 Å². The van der Waals surface area contributed by atoms with Gasteiger partial charge in [-0.2, -0.15) is 0 Å². The summed E-state index contributed by atoms with van der Waals surface area (Å²) in [4.78, 5) is 10.1. The first-order valence-corrected chi connectivity index (χ1v) is 15.7. The number of fused-ring (bicyclic) bond motifs is 8. The summed E-state index contributed by atoms with van der Waals surface area (Å²) < 4.78 is 15.2. The lowest BCUT2D eigenvalue weighted by Crippen LogP contribution is -2.02. The normalized spacial score (nSPS) is 12.2. The fraction of sp³-hybridized carbons (Fsp3) is 0. The maximum Gasteiger partial charge on any atom is 0.194 e. The minimum Gasteiger partial charge on any atom is -0.449 e. The van der Waals surface area contributed by atoms with Gasteiger partial charge in [-0.15, -0.1) is 0 Å². The van der Waals surface area contributed by atoms with Crippen molar-refractivity contribution < 1.29 is 9.47 Å². The fourth-order valence-corrected chi connectivity index (χ4v) is 6.82. The van der Waals surface area contributed by atoms with Gasteiger partial charge < -0.3 is 14.0 Å². The first-order chi connectivity index (χ1) is 23.3. The van der Waals surface area contributed by atoms with Crippen LogP contribution in [0, 0.1) is 0 Å². The summed E-state index contributed by atoms with van der Waals surface area (Å²) in [5.41, 5.74) is 6.91. The number of nitrogens with zero attached hydrogens (tertiary/aromatic N) is 3. The van der Waals surface area contributed by atoms with Gasteiger partial charge in [0.2, 0.25) is 0 Å². The van der Waals surface area contributed by atoms with E-state index in [1.54, 1.807) is 0 Å². The van der Waals surface area contributed by atoms with Crippen molar-refractivity contribution in [2.24, 2.45) is 0 Å². The molecular formula is C42H25N3O2. The molecule has 0 saturated carbocycles. The van der Waals surface area contributed by atoms with Gasteiger partial charge in [-0.1, -0.05) is 84.9 Å². The van der Waals surface area contributed by atoms with E-state index < -0.39 is 0 Å². The molecule has 0 unspecified atom stereocenters. The van der Waals surface area contributed by atoms with Crippen molar-refractivity contribution >= 4 is 43.5 Å². The van der Waals surface area contributed by atoms with Crippen LogP contribution in [0.2, 0.25) is 0 Å². The molecule has 0 fully saturated rings. The zero-order valence-electron chi connectivity index (χ0n) is 25.1. The zero-order valence-corrected chi connectivity index (χ0v) is 25.1. The monoisotopic (exact) mass is 603 g/mol. The van der Waals surface area contributed by atoms with Gasteiger partial charge in [0.1, 0.15) is 5.52 Å². The van der Waals surface area contributed by atoms with Crippen molar-refractivity contribution in [2.45, 2.75) is 0 Å². The minimum atomic E-state index is 0.688. The average molecular weight is 604 g/mol. The molecule has 10 rings (SSSR count). The number of aromatic nitrogens is 3. The van der Waals surface area contributed by atoms with E-state index in [1.807, 2.05) is 66.7 Å².